The van der Waals surface area contributed by atoms with Gasteiger partial charge in [-0.3, -0.25) is 0 Å². The maximum absolute atomic E-state index is 5.94. The average molecular weight is 297 g/mol. The Morgan fingerprint density at radius 1 is 1.05 bits per heavy atom. The maximum atomic E-state index is 5.94. The summed E-state index contributed by atoms with van der Waals surface area (Å²) in [6, 6.07) is 7.74. The summed E-state index contributed by atoms with van der Waals surface area (Å²) in [5.41, 5.74) is 11.6. The van der Waals surface area contributed by atoms with Crippen LogP contribution in [0.4, 0.5) is 5.69 Å². The van der Waals surface area contributed by atoms with E-state index < -0.39 is 0 Å². The lowest BCUT2D eigenvalue weighted by Crippen LogP contribution is -1.94. The smallest absolute Gasteiger partial charge is 0.161 e. The molecular weight excluding hydrogens is 278 g/mol. The second-order valence-electron chi connectivity index (χ2n) is 5.27. The third-order valence-corrected chi connectivity index (χ3v) is 3.82. The van der Waals surface area contributed by atoms with Crippen molar-refractivity contribution >= 4 is 11.3 Å². The van der Waals surface area contributed by atoms with Crippen molar-refractivity contribution < 1.29 is 9.47 Å². The van der Waals surface area contributed by atoms with Crippen LogP contribution in [0.25, 0.3) is 16.9 Å². The van der Waals surface area contributed by atoms with E-state index in [1.165, 1.54) is 0 Å². The van der Waals surface area contributed by atoms with E-state index in [1.807, 2.05) is 48.7 Å². The number of hydrogen-bond donors (Lipinski definition) is 1. The zero-order valence-electron chi connectivity index (χ0n) is 13.2. The third-order valence-electron chi connectivity index (χ3n) is 3.82. The molecule has 114 valence electrons. The predicted molar refractivity (Wildman–Crippen MR) is 87.6 cm³/mol. The van der Waals surface area contributed by atoms with Gasteiger partial charge >= 0.3 is 0 Å². The molecule has 3 rings (SSSR count). The number of ether oxygens (including phenoxy) is 2. The number of anilines is 1. The van der Waals surface area contributed by atoms with Crippen LogP contribution in [0.1, 0.15) is 11.3 Å². The van der Waals surface area contributed by atoms with Gasteiger partial charge in [-0.05, 0) is 43.7 Å². The first kappa shape index (κ1) is 14.3. The van der Waals surface area contributed by atoms with E-state index in [9.17, 15) is 0 Å². The fourth-order valence-electron chi connectivity index (χ4n) is 2.71. The first-order valence-corrected chi connectivity index (χ1v) is 7.02. The van der Waals surface area contributed by atoms with Crippen molar-refractivity contribution in [2.24, 2.45) is 0 Å². The summed E-state index contributed by atoms with van der Waals surface area (Å²) >= 11 is 0. The van der Waals surface area contributed by atoms with Gasteiger partial charge in [-0.15, -0.1) is 0 Å². The number of hydrogen-bond acceptors (Lipinski definition) is 4. The minimum atomic E-state index is 0.688. The first-order valence-electron chi connectivity index (χ1n) is 7.02. The summed E-state index contributed by atoms with van der Waals surface area (Å²) in [6.07, 6.45) is 1.90. The van der Waals surface area contributed by atoms with Gasteiger partial charge in [0.1, 0.15) is 5.65 Å². The minimum Gasteiger partial charge on any atom is -0.493 e. The maximum Gasteiger partial charge on any atom is 0.161 e. The molecule has 2 N–H and O–H groups in total. The van der Waals surface area contributed by atoms with Crippen LogP contribution in [-0.4, -0.2) is 23.6 Å². The molecule has 0 aliphatic heterocycles. The number of nitrogen functional groups attached to an aromatic ring is 1. The molecule has 22 heavy (non-hydrogen) atoms. The highest BCUT2D eigenvalue weighted by atomic mass is 16.5. The molecule has 0 bridgehead atoms. The molecule has 0 saturated heterocycles. The van der Waals surface area contributed by atoms with E-state index in [2.05, 4.69) is 0 Å². The number of nitrogens with two attached hydrogens (primary N) is 1. The number of pyridine rings is 1. The summed E-state index contributed by atoms with van der Waals surface area (Å²) in [5.74, 6) is 1.39. The van der Waals surface area contributed by atoms with Gasteiger partial charge in [0, 0.05) is 23.1 Å². The first-order chi connectivity index (χ1) is 10.5. The lowest BCUT2D eigenvalue weighted by atomic mass is 10.1. The van der Waals surface area contributed by atoms with Crippen LogP contribution in [0.5, 0.6) is 11.5 Å². The number of aryl methyl sites for hydroxylation is 2. The molecule has 0 aliphatic rings. The van der Waals surface area contributed by atoms with E-state index in [0.29, 0.717) is 11.5 Å². The summed E-state index contributed by atoms with van der Waals surface area (Å²) in [4.78, 5) is 4.77. The summed E-state index contributed by atoms with van der Waals surface area (Å²) < 4.78 is 12.7. The number of nitrogens with zero attached hydrogens (tertiary/aromatic N) is 2. The second kappa shape index (κ2) is 5.26. The van der Waals surface area contributed by atoms with E-state index in [4.69, 9.17) is 20.2 Å². The Morgan fingerprint density at radius 3 is 2.45 bits per heavy atom. The predicted octanol–water partition coefficient (Wildman–Crippen LogP) is 3.22. The van der Waals surface area contributed by atoms with E-state index in [1.54, 1.807) is 14.2 Å². The van der Waals surface area contributed by atoms with Crippen molar-refractivity contribution in [1.29, 1.82) is 0 Å². The number of methoxy groups -OCH3 is 2. The third kappa shape index (κ3) is 2.15. The average Bonchev–Trinajstić information content (AvgIpc) is 2.84. The molecule has 0 unspecified atom stereocenters. The van der Waals surface area contributed by atoms with Crippen LogP contribution in [0.15, 0.2) is 30.5 Å². The zero-order chi connectivity index (χ0) is 15.9. The molecule has 0 aliphatic carbocycles. The SMILES string of the molecule is COc1ccc(-c2nc3c(C)cc(N)cn3c2C)cc1OC. The quantitative estimate of drug-likeness (QED) is 0.806. The van der Waals surface area contributed by atoms with Crippen LogP contribution in [0.2, 0.25) is 0 Å². The zero-order valence-corrected chi connectivity index (χ0v) is 13.2. The summed E-state index contributed by atoms with van der Waals surface area (Å²) in [7, 11) is 3.25. The fraction of sp³-hybridized carbons (Fsp3) is 0.235. The van der Waals surface area contributed by atoms with Gasteiger partial charge < -0.3 is 19.6 Å². The van der Waals surface area contributed by atoms with Gasteiger partial charge in [0.2, 0.25) is 0 Å². The van der Waals surface area contributed by atoms with Crippen molar-refractivity contribution in [3.8, 4) is 22.8 Å². The Kier molecular flexibility index (Phi) is 3.41. The Morgan fingerprint density at radius 2 is 1.77 bits per heavy atom. The largest absolute Gasteiger partial charge is 0.493 e. The van der Waals surface area contributed by atoms with Crippen molar-refractivity contribution in [2.45, 2.75) is 13.8 Å². The molecule has 0 saturated carbocycles. The van der Waals surface area contributed by atoms with Gasteiger partial charge in [-0.1, -0.05) is 0 Å². The van der Waals surface area contributed by atoms with Gasteiger partial charge in [-0.2, -0.15) is 0 Å². The van der Waals surface area contributed by atoms with Crippen LogP contribution in [0.3, 0.4) is 0 Å². The number of benzene rings is 1. The van der Waals surface area contributed by atoms with E-state index >= 15 is 0 Å². The van der Waals surface area contributed by atoms with Crippen LogP contribution in [0, 0.1) is 13.8 Å². The van der Waals surface area contributed by atoms with Gasteiger partial charge in [0.05, 0.1) is 19.9 Å². The van der Waals surface area contributed by atoms with Gasteiger partial charge in [0.25, 0.3) is 0 Å². The number of rotatable bonds is 3. The molecule has 1 aromatic carbocycles. The highest BCUT2D eigenvalue weighted by Gasteiger charge is 2.14. The van der Waals surface area contributed by atoms with E-state index in [-0.39, 0.29) is 0 Å². The Bertz CT molecular complexity index is 853. The molecule has 5 nitrogen and oxygen atoms in total. The van der Waals surface area contributed by atoms with Gasteiger partial charge in [-0.25, -0.2) is 4.98 Å². The molecule has 0 fully saturated rings. The van der Waals surface area contributed by atoms with Crippen LogP contribution >= 0.6 is 0 Å². The van der Waals surface area contributed by atoms with E-state index in [0.717, 1.165) is 33.8 Å². The molecule has 2 heterocycles. The standard InChI is InChI=1S/C17H19N3O2/c1-10-7-13(18)9-20-11(2)16(19-17(10)20)12-5-6-14(21-3)15(8-12)22-4/h5-9H,18H2,1-4H3. The highest BCUT2D eigenvalue weighted by Crippen LogP contribution is 2.34. The van der Waals surface area contributed by atoms with Crippen LogP contribution in [-0.2, 0) is 0 Å². The normalized spacial score (nSPS) is 10.9. The van der Waals surface area contributed by atoms with Crippen LogP contribution < -0.4 is 15.2 Å². The molecular formula is C17H19N3O2. The lowest BCUT2D eigenvalue weighted by Gasteiger charge is -2.09. The monoisotopic (exact) mass is 297 g/mol. The van der Waals surface area contributed by atoms with Gasteiger partial charge in [0.15, 0.2) is 11.5 Å². The molecule has 2 aromatic heterocycles. The summed E-state index contributed by atoms with van der Waals surface area (Å²) in [6.45, 7) is 4.04. The topological polar surface area (TPSA) is 61.8 Å². The summed E-state index contributed by atoms with van der Waals surface area (Å²) in [5, 5.41) is 0. The Balaban J connectivity index is 2.22. The molecule has 5 heteroatoms. The highest BCUT2D eigenvalue weighted by molar-refractivity contribution is 5.71. The molecule has 0 radical (unpaired) electrons. The van der Waals surface area contributed by atoms with Crippen molar-refractivity contribution in [1.82, 2.24) is 9.38 Å². The lowest BCUT2D eigenvalue weighted by molar-refractivity contribution is 0.355. The van der Waals surface area contributed by atoms with Crippen molar-refractivity contribution in [3.63, 3.8) is 0 Å². The van der Waals surface area contributed by atoms with Crippen molar-refractivity contribution in [3.05, 3.63) is 41.7 Å². The number of fused-ring (bicyclic) bond motifs is 1. The Labute approximate surface area is 129 Å². The molecule has 0 amide bonds. The molecule has 0 spiro atoms. The number of imidazole rings is 1. The van der Waals surface area contributed by atoms with Crippen molar-refractivity contribution in [2.75, 3.05) is 20.0 Å². The Hall–Kier alpha value is -2.69. The second-order valence-corrected chi connectivity index (χ2v) is 5.27. The minimum absolute atomic E-state index is 0.688. The molecule has 3 aromatic rings. The molecule has 0 atom stereocenters. The number of aromatic nitrogens is 2. The fourth-order valence-corrected chi connectivity index (χ4v) is 2.71.